The van der Waals surface area contributed by atoms with Gasteiger partial charge < -0.3 is 29.3 Å². The molecule has 2 aliphatic rings. The third-order valence-electron chi connectivity index (χ3n) is 10.9. The number of hydrogen-bond donors (Lipinski definition) is 2. The number of urea groups is 2. The fourth-order valence-corrected chi connectivity index (χ4v) is 7.91. The maximum absolute atomic E-state index is 13.7. The SMILES string of the molecule is O=C(Nc1ccc2nc(-c3ccccc3)c(-c3cccc(C4CCN(C(=O)Nc5ccc6nc(-c7ccco7)c(-c7ccco7)nc6c5)C4)c3)nc2c1)N1CCCC1. The van der Waals surface area contributed by atoms with Crippen LogP contribution in [-0.2, 0) is 0 Å². The van der Waals surface area contributed by atoms with Crippen LogP contribution in [0.3, 0.4) is 0 Å². The molecule has 2 saturated heterocycles. The molecule has 0 aliphatic carbocycles. The largest absolute Gasteiger partial charge is 0.463 e. The third kappa shape index (κ3) is 6.89. The molecule has 6 heterocycles. The van der Waals surface area contributed by atoms with E-state index in [1.165, 1.54) is 0 Å². The van der Waals surface area contributed by atoms with Gasteiger partial charge in [-0.3, -0.25) is 0 Å². The highest BCUT2D eigenvalue weighted by Crippen LogP contribution is 2.36. The number of anilines is 2. The van der Waals surface area contributed by atoms with Gasteiger partial charge in [0, 0.05) is 54.6 Å². The molecule has 286 valence electrons. The first-order valence-electron chi connectivity index (χ1n) is 19.5. The molecule has 4 aromatic heterocycles. The van der Waals surface area contributed by atoms with Crippen molar-refractivity contribution in [1.29, 1.82) is 0 Å². The number of rotatable bonds is 7. The Bertz CT molecular complexity index is 2780. The van der Waals surface area contributed by atoms with Gasteiger partial charge in [-0.15, -0.1) is 0 Å². The third-order valence-corrected chi connectivity index (χ3v) is 10.9. The van der Waals surface area contributed by atoms with E-state index in [2.05, 4.69) is 28.8 Å². The van der Waals surface area contributed by atoms with Crippen LogP contribution < -0.4 is 10.6 Å². The van der Waals surface area contributed by atoms with Crippen LogP contribution in [0.15, 0.2) is 137 Å². The second kappa shape index (κ2) is 15.0. The average molecular weight is 767 g/mol. The molecule has 2 aliphatic heterocycles. The van der Waals surface area contributed by atoms with Crippen molar-refractivity contribution < 1.29 is 18.4 Å². The monoisotopic (exact) mass is 766 g/mol. The minimum absolute atomic E-state index is 0.0932. The van der Waals surface area contributed by atoms with Crippen LogP contribution in [0.1, 0.15) is 30.7 Å². The molecule has 0 bridgehead atoms. The smallest absolute Gasteiger partial charge is 0.321 e. The second-order valence-electron chi connectivity index (χ2n) is 14.7. The molecule has 12 nitrogen and oxygen atoms in total. The van der Waals surface area contributed by atoms with Crippen molar-refractivity contribution in [3.63, 3.8) is 0 Å². The Hall–Kier alpha value is -7.34. The number of nitrogens with one attached hydrogen (secondary N) is 2. The van der Waals surface area contributed by atoms with E-state index in [9.17, 15) is 9.59 Å². The van der Waals surface area contributed by atoms with Crippen LogP contribution in [0.25, 0.3) is 67.5 Å². The Morgan fingerprint density at radius 3 is 1.74 bits per heavy atom. The van der Waals surface area contributed by atoms with Gasteiger partial charge in [0.25, 0.3) is 0 Å². The van der Waals surface area contributed by atoms with Gasteiger partial charge in [0.1, 0.15) is 11.4 Å². The first kappa shape index (κ1) is 35.1. The van der Waals surface area contributed by atoms with Crippen molar-refractivity contribution in [3.05, 3.63) is 133 Å². The van der Waals surface area contributed by atoms with Crippen molar-refractivity contribution in [2.24, 2.45) is 0 Å². The van der Waals surface area contributed by atoms with Crippen molar-refractivity contribution in [2.45, 2.75) is 25.2 Å². The second-order valence-corrected chi connectivity index (χ2v) is 14.7. The Labute approximate surface area is 333 Å². The summed E-state index contributed by atoms with van der Waals surface area (Å²) in [5, 5.41) is 6.13. The number of hydrogen-bond acceptors (Lipinski definition) is 8. The van der Waals surface area contributed by atoms with E-state index < -0.39 is 0 Å². The minimum atomic E-state index is -0.177. The summed E-state index contributed by atoms with van der Waals surface area (Å²) < 4.78 is 11.3. The van der Waals surface area contributed by atoms with Crippen LogP contribution in [0.5, 0.6) is 0 Å². The van der Waals surface area contributed by atoms with E-state index in [0.717, 1.165) is 65.9 Å². The van der Waals surface area contributed by atoms with Crippen molar-refractivity contribution in [1.82, 2.24) is 29.7 Å². The molecule has 10 rings (SSSR count). The topological polar surface area (TPSA) is 143 Å². The molecular weight excluding hydrogens is 729 g/mol. The van der Waals surface area contributed by atoms with Gasteiger partial charge in [-0.2, -0.15) is 0 Å². The minimum Gasteiger partial charge on any atom is -0.463 e. The fourth-order valence-electron chi connectivity index (χ4n) is 7.91. The van der Waals surface area contributed by atoms with Gasteiger partial charge in [0.05, 0.1) is 46.0 Å². The standard InChI is InChI=1S/C46H38N8O4/c55-45(53-20-4-5-21-53)47-33-15-17-35-37(26-33)51-42(41(49-35)29-9-2-1-3-10-29)31-12-6-11-30(25-31)32-19-22-54(28-32)46(56)48-34-16-18-36-38(27-34)52-44(40-14-8-24-58-40)43(50-36)39-13-7-23-57-39/h1-3,6-18,23-27,32H,4-5,19-22,28H2,(H,47,55)(H,48,56). The van der Waals surface area contributed by atoms with E-state index in [4.69, 9.17) is 28.8 Å². The quantitative estimate of drug-likeness (QED) is 0.163. The molecule has 2 fully saturated rings. The Balaban J connectivity index is 0.893. The molecule has 0 saturated carbocycles. The number of carbonyl (C=O) groups is 2. The van der Waals surface area contributed by atoms with Gasteiger partial charge in [-0.1, -0.05) is 48.5 Å². The summed E-state index contributed by atoms with van der Waals surface area (Å²) in [6, 6.07) is 36.7. The summed E-state index contributed by atoms with van der Waals surface area (Å²) >= 11 is 0. The van der Waals surface area contributed by atoms with Crippen molar-refractivity contribution in [3.8, 4) is 45.4 Å². The normalized spacial score (nSPS) is 15.3. The summed E-state index contributed by atoms with van der Waals surface area (Å²) in [5.41, 5.74) is 9.70. The van der Waals surface area contributed by atoms with E-state index >= 15 is 0 Å². The molecule has 1 unspecified atom stereocenters. The lowest BCUT2D eigenvalue weighted by atomic mass is 9.94. The Morgan fingerprint density at radius 1 is 0.534 bits per heavy atom. The lowest BCUT2D eigenvalue weighted by Gasteiger charge is -2.18. The lowest BCUT2D eigenvalue weighted by Crippen LogP contribution is -2.32. The first-order chi connectivity index (χ1) is 28.5. The van der Waals surface area contributed by atoms with Crippen LogP contribution >= 0.6 is 0 Å². The molecule has 4 aromatic carbocycles. The van der Waals surface area contributed by atoms with Gasteiger partial charge in [0.2, 0.25) is 0 Å². The van der Waals surface area contributed by atoms with Crippen LogP contribution in [0.4, 0.5) is 21.0 Å². The van der Waals surface area contributed by atoms with Gasteiger partial charge in [0.15, 0.2) is 11.5 Å². The lowest BCUT2D eigenvalue weighted by molar-refractivity contribution is 0.221. The highest BCUT2D eigenvalue weighted by Gasteiger charge is 2.28. The number of furan rings is 2. The molecule has 1 atom stereocenters. The number of amides is 4. The van der Waals surface area contributed by atoms with Crippen molar-refractivity contribution in [2.75, 3.05) is 36.8 Å². The number of carbonyl (C=O) groups excluding carboxylic acids is 2. The van der Waals surface area contributed by atoms with Crippen molar-refractivity contribution >= 4 is 45.5 Å². The van der Waals surface area contributed by atoms with E-state index in [1.54, 1.807) is 18.6 Å². The summed E-state index contributed by atoms with van der Waals surface area (Å²) in [6.45, 7) is 2.72. The number of nitrogens with zero attached hydrogens (tertiary/aromatic N) is 6. The Morgan fingerprint density at radius 2 is 1.10 bits per heavy atom. The summed E-state index contributed by atoms with van der Waals surface area (Å²) in [4.78, 5) is 50.3. The molecule has 12 heteroatoms. The highest BCUT2D eigenvalue weighted by molar-refractivity contribution is 5.95. The maximum Gasteiger partial charge on any atom is 0.321 e. The number of likely N-dealkylation sites (tertiary alicyclic amines) is 2. The molecule has 0 radical (unpaired) electrons. The predicted molar refractivity (Wildman–Crippen MR) is 223 cm³/mol. The maximum atomic E-state index is 13.7. The van der Waals surface area contributed by atoms with E-state index in [0.29, 0.717) is 63.9 Å². The number of aromatic nitrogens is 4. The number of benzene rings is 4. The van der Waals surface area contributed by atoms with Crippen LogP contribution in [0, 0.1) is 0 Å². The molecule has 58 heavy (non-hydrogen) atoms. The summed E-state index contributed by atoms with van der Waals surface area (Å²) in [6.07, 6.45) is 6.06. The zero-order valence-electron chi connectivity index (χ0n) is 31.5. The molecular formula is C46H38N8O4. The molecule has 0 spiro atoms. The summed E-state index contributed by atoms with van der Waals surface area (Å²) in [7, 11) is 0. The van der Waals surface area contributed by atoms with Gasteiger partial charge in [-0.05, 0) is 91.6 Å². The average Bonchev–Trinajstić information content (AvgIpc) is 4.12. The first-order valence-corrected chi connectivity index (χ1v) is 19.5. The van der Waals surface area contributed by atoms with E-state index in [-0.39, 0.29) is 18.0 Å². The molecule has 2 N–H and O–H groups in total. The van der Waals surface area contributed by atoms with Gasteiger partial charge in [-0.25, -0.2) is 29.5 Å². The zero-order chi connectivity index (χ0) is 39.0. The molecule has 4 amide bonds. The Kier molecular flexibility index (Phi) is 9.05. The van der Waals surface area contributed by atoms with Crippen LogP contribution in [-0.4, -0.2) is 68.0 Å². The van der Waals surface area contributed by atoms with Gasteiger partial charge >= 0.3 is 12.1 Å². The fraction of sp³-hybridized carbons (Fsp3) is 0.174. The highest BCUT2D eigenvalue weighted by atomic mass is 16.3. The summed E-state index contributed by atoms with van der Waals surface area (Å²) in [5.74, 6) is 1.28. The predicted octanol–water partition coefficient (Wildman–Crippen LogP) is 10.1. The van der Waals surface area contributed by atoms with Crippen LogP contribution in [0.2, 0.25) is 0 Å². The zero-order valence-corrected chi connectivity index (χ0v) is 31.5. The van der Waals surface area contributed by atoms with E-state index in [1.807, 2.05) is 101 Å². The molecule has 8 aromatic rings. The number of fused-ring (bicyclic) bond motifs is 2.